The number of benzene rings is 1. The normalized spacial score (nSPS) is 17.9. The molecule has 2 atom stereocenters. The van der Waals surface area contributed by atoms with Crippen LogP contribution < -0.4 is 5.32 Å². The molecule has 1 N–H and O–H groups in total. The van der Waals surface area contributed by atoms with Crippen molar-refractivity contribution in [2.75, 3.05) is 13.1 Å². The lowest BCUT2D eigenvalue weighted by molar-refractivity contribution is -0.135. The lowest BCUT2D eigenvalue weighted by Gasteiger charge is -2.32. The number of rotatable bonds is 7. The van der Waals surface area contributed by atoms with E-state index in [0.29, 0.717) is 12.1 Å². The Kier molecular flexibility index (Phi) is 7.47. The molecule has 1 amide bonds. The average Bonchev–Trinajstić information content (AvgIpc) is 3.01. The van der Waals surface area contributed by atoms with Gasteiger partial charge in [-0.2, -0.15) is 0 Å². The number of hydrogen-bond donors (Lipinski definition) is 1. The quantitative estimate of drug-likeness (QED) is 0.725. The van der Waals surface area contributed by atoms with Crippen molar-refractivity contribution in [3.63, 3.8) is 0 Å². The highest BCUT2D eigenvalue weighted by atomic mass is 19.1. The van der Waals surface area contributed by atoms with E-state index in [1.165, 1.54) is 18.2 Å². The van der Waals surface area contributed by atoms with Crippen LogP contribution in [0, 0.1) is 11.7 Å². The number of aromatic nitrogens is 1. The molecular weight excluding hydrogens is 369 g/mol. The third-order valence-electron chi connectivity index (χ3n) is 5.40. The van der Waals surface area contributed by atoms with E-state index in [0.717, 1.165) is 38.0 Å². The van der Waals surface area contributed by atoms with Crippen LogP contribution in [-0.2, 0) is 11.3 Å². The maximum atomic E-state index is 13.5. The smallest absolute Gasteiger partial charge is 0.223 e. The van der Waals surface area contributed by atoms with Crippen LogP contribution in [0.3, 0.4) is 0 Å². The van der Waals surface area contributed by atoms with E-state index in [-0.39, 0.29) is 24.2 Å². The van der Waals surface area contributed by atoms with E-state index in [2.05, 4.69) is 10.3 Å². The van der Waals surface area contributed by atoms with Crippen LogP contribution in [0.15, 0.2) is 48.7 Å². The van der Waals surface area contributed by atoms with Gasteiger partial charge in [-0.05, 0) is 56.6 Å². The first-order chi connectivity index (χ1) is 14.0. The molecule has 0 saturated carbocycles. The fourth-order valence-corrected chi connectivity index (χ4v) is 3.80. The lowest BCUT2D eigenvalue weighted by atomic mass is 9.95. The molecule has 3 rings (SSSR count). The van der Waals surface area contributed by atoms with Crippen LogP contribution in [0.25, 0.3) is 0 Å². The highest BCUT2D eigenvalue weighted by molar-refractivity contribution is 5.99. The Morgan fingerprint density at radius 2 is 2.07 bits per heavy atom. The predicted octanol–water partition coefficient (Wildman–Crippen LogP) is 3.60. The van der Waals surface area contributed by atoms with Crippen LogP contribution in [-0.4, -0.2) is 40.7 Å². The zero-order chi connectivity index (χ0) is 20.6. The number of nitrogens with zero attached hydrogens (tertiary/aromatic N) is 2. The van der Waals surface area contributed by atoms with Gasteiger partial charge >= 0.3 is 0 Å². The zero-order valence-electron chi connectivity index (χ0n) is 16.8. The molecule has 2 heterocycles. The third-order valence-corrected chi connectivity index (χ3v) is 5.40. The van der Waals surface area contributed by atoms with Crippen molar-refractivity contribution in [3.05, 3.63) is 65.7 Å². The monoisotopic (exact) mass is 397 g/mol. The molecule has 1 saturated heterocycles. The summed E-state index contributed by atoms with van der Waals surface area (Å²) in [5, 5.41) is 3.38. The molecule has 6 heteroatoms. The second-order valence-electron chi connectivity index (χ2n) is 7.66. The molecule has 1 aromatic heterocycles. The Bertz CT molecular complexity index is 820. The topological polar surface area (TPSA) is 62.3 Å². The summed E-state index contributed by atoms with van der Waals surface area (Å²) in [5.41, 5.74) is 1.14. The van der Waals surface area contributed by atoms with Gasteiger partial charge in [0.1, 0.15) is 5.82 Å². The van der Waals surface area contributed by atoms with Crippen molar-refractivity contribution < 1.29 is 14.0 Å². The van der Waals surface area contributed by atoms with E-state index in [4.69, 9.17) is 0 Å². The van der Waals surface area contributed by atoms with Gasteiger partial charge in [-0.1, -0.05) is 25.1 Å². The average molecular weight is 397 g/mol. The molecule has 2 aromatic rings. The summed E-state index contributed by atoms with van der Waals surface area (Å²) in [6.07, 6.45) is 4.64. The fourth-order valence-electron chi connectivity index (χ4n) is 3.80. The summed E-state index contributed by atoms with van der Waals surface area (Å²) in [6, 6.07) is 11.4. The molecule has 0 aliphatic carbocycles. The zero-order valence-corrected chi connectivity index (χ0v) is 16.8. The number of Topliss-reactive ketones (excluding diaryl/α,β-unsaturated/α-hetero) is 1. The first-order valence-corrected chi connectivity index (χ1v) is 10.2. The summed E-state index contributed by atoms with van der Waals surface area (Å²) >= 11 is 0. The Labute approximate surface area is 171 Å². The number of hydrogen-bond acceptors (Lipinski definition) is 4. The van der Waals surface area contributed by atoms with Crippen LogP contribution in [0.4, 0.5) is 4.39 Å². The molecule has 0 spiro atoms. The third kappa shape index (κ3) is 5.94. The summed E-state index contributed by atoms with van der Waals surface area (Å²) in [5.74, 6) is -1.23. The minimum Gasteiger partial charge on any atom is -0.334 e. The van der Waals surface area contributed by atoms with Gasteiger partial charge in [0.2, 0.25) is 5.91 Å². The number of carbonyl (C=O) groups excluding carboxylic acids is 2. The van der Waals surface area contributed by atoms with E-state index in [9.17, 15) is 14.0 Å². The summed E-state index contributed by atoms with van der Waals surface area (Å²) in [6.45, 7) is 4.00. The van der Waals surface area contributed by atoms with Crippen molar-refractivity contribution >= 4 is 11.7 Å². The molecular formula is C23H28FN3O2. The van der Waals surface area contributed by atoms with Gasteiger partial charge in [0.25, 0.3) is 0 Å². The standard InChI is InChI=1S/C23H28FN3O2/c1-17(23(29)18-6-4-7-19(24)15-18)14-22(28)27(16-20-8-2-3-12-26-20)21-9-5-11-25-13-10-21/h2-4,6-8,12,15,17,21,25H,5,9-11,13-14,16H2,1H3. The van der Waals surface area contributed by atoms with Crippen LogP contribution in [0.1, 0.15) is 48.7 Å². The van der Waals surface area contributed by atoms with Crippen molar-refractivity contribution in [3.8, 4) is 0 Å². The fraction of sp³-hybridized carbons (Fsp3) is 0.435. The number of halogens is 1. The van der Waals surface area contributed by atoms with E-state index in [1.807, 2.05) is 23.1 Å². The molecule has 0 radical (unpaired) electrons. The second-order valence-corrected chi connectivity index (χ2v) is 7.66. The van der Waals surface area contributed by atoms with Crippen LogP contribution in [0.2, 0.25) is 0 Å². The summed E-state index contributed by atoms with van der Waals surface area (Å²) in [4.78, 5) is 32.2. The first-order valence-electron chi connectivity index (χ1n) is 10.2. The highest BCUT2D eigenvalue weighted by Crippen LogP contribution is 2.21. The van der Waals surface area contributed by atoms with Gasteiger partial charge in [-0.25, -0.2) is 4.39 Å². The SMILES string of the molecule is CC(CC(=O)N(Cc1ccccn1)C1CCCNCC1)C(=O)c1cccc(F)c1. The highest BCUT2D eigenvalue weighted by Gasteiger charge is 2.28. The number of pyridine rings is 1. The van der Waals surface area contributed by atoms with Crippen LogP contribution in [0.5, 0.6) is 0 Å². The Hall–Kier alpha value is -2.60. The van der Waals surface area contributed by atoms with Gasteiger partial charge in [0.05, 0.1) is 12.2 Å². The minimum atomic E-state index is -0.514. The second kappa shape index (κ2) is 10.3. The van der Waals surface area contributed by atoms with Crippen molar-refractivity contribution in [1.82, 2.24) is 15.2 Å². The number of ketones is 1. The molecule has 2 unspecified atom stereocenters. The van der Waals surface area contributed by atoms with Crippen LogP contribution >= 0.6 is 0 Å². The molecule has 1 aliphatic heterocycles. The van der Waals surface area contributed by atoms with Gasteiger partial charge in [-0.15, -0.1) is 0 Å². The maximum absolute atomic E-state index is 13.5. The lowest BCUT2D eigenvalue weighted by Crippen LogP contribution is -2.41. The van der Waals surface area contributed by atoms with E-state index < -0.39 is 11.7 Å². The molecule has 1 aromatic carbocycles. The van der Waals surface area contributed by atoms with Crippen molar-refractivity contribution in [2.24, 2.45) is 5.92 Å². The molecule has 1 aliphatic rings. The molecule has 29 heavy (non-hydrogen) atoms. The number of carbonyl (C=O) groups is 2. The van der Waals surface area contributed by atoms with Gasteiger partial charge in [0.15, 0.2) is 5.78 Å². The van der Waals surface area contributed by atoms with E-state index >= 15 is 0 Å². The van der Waals surface area contributed by atoms with Gasteiger partial charge in [-0.3, -0.25) is 14.6 Å². The largest absolute Gasteiger partial charge is 0.334 e. The molecule has 0 bridgehead atoms. The molecule has 1 fully saturated rings. The van der Waals surface area contributed by atoms with Gasteiger partial charge in [0, 0.05) is 30.1 Å². The molecule has 154 valence electrons. The summed E-state index contributed by atoms with van der Waals surface area (Å²) < 4.78 is 13.5. The van der Waals surface area contributed by atoms with Crippen molar-refractivity contribution in [2.45, 2.75) is 45.2 Å². The van der Waals surface area contributed by atoms with Crippen molar-refractivity contribution in [1.29, 1.82) is 0 Å². The predicted molar refractivity (Wildman–Crippen MR) is 110 cm³/mol. The van der Waals surface area contributed by atoms with E-state index in [1.54, 1.807) is 19.2 Å². The van der Waals surface area contributed by atoms with Gasteiger partial charge < -0.3 is 10.2 Å². The Morgan fingerprint density at radius 3 is 2.83 bits per heavy atom. The maximum Gasteiger partial charge on any atom is 0.223 e. The summed E-state index contributed by atoms with van der Waals surface area (Å²) in [7, 11) is 0. The molecule has 5 nitrogen and oxygen atoms in total. The first kappa shape index (κ1) is 21.1. The number of nitrogens with one attached hydrogen (secondary N) is 1. The Morgan fingerprint density at radius 1 is 1.21 bits per heavy atom. The Balaban J connectivity index is 1.73. The minimum absolute atomic E-state index is 0.0557. The number of amides is 1.